The first-order valence-electron chi connectivity index (χ1n) is 3.22. The summed E-state index contributed by atoms with van der Waals surface area (Å²) >= 11 is -2.66. The van der Waals surface area contributed by atoms with Crippen molar-refractivity contribution in [1.82, 2.24) is 0 Å². The summed E-state index contributed by atoms with van der Waals surface area (Å²) in [5, 5.41) is 8.63. The Kier molecular flexibility index (Phi) is 3.80. The number of benzene rings is 1. The van der Waals surface area contributed by atoms with Crippen LogP contribution in [0, 0.1) is 0 Å². The van der Waals surface area contributed by atoms with Gasteiger partial charge in [0, 0.05) is 0 Å². The van der Waals surface area contributed by atoms with Crippen LogP contribution in [0.15, 0.2) is 24.3 Å². The molecule has 0 aliphatic rings. The van der Waals surface area contributed by atoms with E-state index >= 15 is 0 Å². The van der Waals surface area contributed by atoms with Crippen LogP contribution in [0.4, 0.5) is 0 Å². The minimum absolute atomic E-state index is 0.249. The molecule has 0 saturated heterocycles. The number of carboxylic acids is 1. The van der Waals surface area contributed by atoms with Crippen LogP contribution in [-0.2, 0) is 0 Å². The number of hydrogen-bond donors (Lipinski definition) is 1. The molecule has 0 aliphatic heterocycles. The van der Waals surface area contributed by atoms with Crippen molar-refractivity contribution in [2.24, 2.45) is 0 Å². The summed E-state index contributed by atoms with van der Waals surface area (Å²) in [6.07, 6.45) is 0. The first-order valence-corrected chi connectivity index (χ1v) is 16.5. The Bertz CT molecular complexity index is 301. The molecule has 0 aromatic heterocycles. The van der Waals surface area contributed by atoms with Crippen LogP contribution in [0.5, 0.6) is 0 Å². The first kappa shape index (κ1) is 10.3. The van der Waals surface area contributed by atoms with Gasteiger partial charge in [-0.2, -0.15) is 0 Å². The van der Waals surface area contributed by atoms with Crippen molar-refractivity contribution < 1.29 is 9.90 Å². The molecule has 0 bridgehead atoms. The van der Waals surface area contributed by atoms with E-state index in [4.69, 9.17) is 21.7 Å². The average Bonchev–Trinajstić information content (AvgIpc) is 2.04. The van der Waals surface area contributed by atoms with Crippen molar-refractivity contribution in [3.8, 4) is 0 Å². The maximum atomic E-state index is 10.5. The summed E-state index contributed by atoms with van der Waals surface area (Å²) < 4.78 is 0.818. The van der Waals surface area contributed by atoms with Gasteiger partial charge in [-0.1, -0.05) is 0 Å². The van der Waals surface area contributed by atoms with Crippen molar-refractivity contribution in [2.75, 3.05) is 0 Å². The van der Waals surface area contributed by atoms with Crippen LogP contribution in [-0.4, -0.2) is 31.3 Å². The monoisotopic (exact) mass is 396 g/mol. The number of hydrogen-bond acceptors (Lipinski definition) is 1. The molecular formula is C7H5Cl2O2Tl. The molecule has 0 heterocycles. The molecule has 0 saturated carbocycles. The molecule has 1 aromatic rings. The Hall–Kier alpha value is 0.192. The second-order valence-electron chi connectivity index (χ2n) is 2.23. The predicted octanol–water partition coefficient (Wildman–Crippen LogP) is 1.56. The average molecular weight is 396 g/mol. The van der Waals surface area contributed by atoms with E-state index in [1.54, 1.807) is 18.2 Å². The van der Waals surface area contributed by atoms with Crippen LogP contribution in [0.3, 0.4) is 0 Å². The Balaban J connectivity index is 3.04. The quantitative estimate of drug-likeness (QED) is 0.771. The van der Waals surface area contributed by atoms with Gasteiger partial charge in [0.05, 0.1) is 0 Å². The van der Waals surface area contributed by atoms with Gasteiger partial charge in [0.2, 0.25) is 0 Å². The van der Waals surface area contributed by atoms with Gasteiger partial charge < -0.3 is 0 Å². The van der Waals surface area contributed by atoms with E-state index in [2.05, 4.69) is 0 Å². The topological polar surface area (TPSA) is 37.3 Å². The molecule has 0 atom stereocenters. The Morgan fingerprint density at radius 1 is 1.42 bits per heavy atom. The fourth-order valence-corrected chi connectivity index (χ4v) is 5.37. The van der Waals surface area contributed by atoms with Gasteiger partial charge in [-0.15, -0.1) is 0 Å². The SMILES string of the molecule is O=C(O)c1ccc[c]([Tl]([Cl])[Cl])c1. The molecule has 0 radical (unpaired) electrons. The second-order valence-corrected chi connectivity index (χ2v) is 16.8. The number of aromatic carboxylic acids is 1. The maximum absolute atomic E-state index is 10.5. The van der Waals surface area contributed by atoms with E-state index < -0.39 is 26.2 Å². The van der Waals surface area contributed by atoms with E-state index in [0.717, 1.165) is 3.12 Å². The van der Waals surface area contributed by atoms with Gasteiger partial charge in [0.1, 0.15) is 0 Å². The number of carboxylic acid groups (broad SMARTS) is 1. The molecule has 1 rings (SSSR count). The third-order valence-electron chi connectivity index (χ3n) is 1.39. The summed E-state index contributed by atoms with van der Waals surface area (Å²) in [5.41, 5.74) is 0.249. The predicted molar refractivity (Wildman–Crippen MR) is 50.5 cm³/mol. The third-order valence-corrected chi connectivity index (χ3v) is 9.16. The van der Waals surface area contributed by atoms with E-state index in [0.29, 0.717) is 0 Å². The number of carbonyl (C=O) groups is 1. The van der Waals surface area contributed by atoms with Gasteiger partial charge in [0.25, 0.3) is 0 Å². The minimum atomic E-state index is -2.66. The molecule has 1 N–H and O–H groups in total. The van der Waals surface area contributed by atoms with Gasteiger partial charge in [-0.05, 0) is 0 Å². The fourth-order valence-electron chi connectivity index (χ4n) is 0.807. The van der Waals surface area contributed by atoms with Crippen LogP contribution >= 0.6 is 16.6 Å². The summed E-state index contributed by atoms with van der Waals surface area (Å²) in [6, 6.07) is 6.51. The van der Waals surface area contributed by atoms with Gasteiger partial charge in [0.15, 0.2) is 0 Å². The van der Waals surface area contributed by atoms with Gasteiger partial charge in [-0.25, -0.2) is 0 Å². The van der Waals surface area contributed by atoms with Crippen molar-refractivity contribution in [3.05, 3.63) is 29.8 Å². The molecule has 12 heavy (non-hydrogen) atoms. The molecule has 0 fully saturated rings. The van der Waals surface area contributed by atoms with E-state index in [-0.39, 0.29) is 5.56 Å². The molecular weight excluding hydrogens is 391 g/mol. The Morgan fingerprint density at radius 3 is 2.58 bits per heavy atom. The molecule has 0 amide bonds. The molecule has 0 spiro atoms. The molecule has 2 nitrogen and oxygen atoms in total. The Labute approximate surface area is 85.2 Å². The number of halogens is 2. The zero-order valence-corrected chi connectivity index (χ0v) is 12.0. The van der Waals surface area contributed by atoms with Crippen LogP contribution in [0.25, 0.3) is 0 Å². The standard InChI is InChI=1S/C7H5O2.2ClH.Tl/c8-7(9)6-4-2-1-3-5-6;;;/h1-2,4-5H,(H,8,9);2*1H;/q;;;+2/p-2. The summed E-state index contributed by atoms with van der Waals surface area (Å²) in [7, 11) is 11.5. The summed E-state index contributed by atoms with van der Waals surface area (Å²) in [5.74, 6) is -0.945. The van der Waals surface area contributed by atoms with Crippen LogP contribution in [0.2, 0.25) is 0 Å². The van der Waals surface area contributed by atoms with E-state index in [1.807, 2.05) is 0 Å². The number of rotatable bonds is 2. The van der Waals surface area contributed by atoms with E-state index in [9.17, 15) is 4.79 Å². The molecule has 0 unspecified atom stereocenters. The molecule has 62 valence electrons. The van der Waals surface area contributed by atoms with Crippen molar-refractivity contribution in [2.45, 2.75) is 0 Å². The van der Waals surface area contributed by atoms with Crippen LogP contribution < -0.4 is 3.12 Å². The van der Waals surface area contributed by atoms with Crippen molar-refractivity contribution >= 4 is 46.0 Å². The zero-order chi connectivity index (χ0) is 9.14. The first-order chi connectivity index (χ1) is 5.61. The zero-order valence-electron chi connectivity index (χ0n) is 6.00. The van der Waals surface area contributed by atoms with Gasteiger partial charge in [-0.3, -0.25) is 0 Å². The van der Waals surface area contributed by atoms with E-state index in [1.165, 1.54) is 6.07 Å². The summed E-state index contributed by atoms with van der Waals surface area (Å²) in [4.78, 5) is 10.5. The fraction of sp³-hybridized carbons (Fsp3) is 0. The second kappa shape index (κ2) is 4.43. The summed E-state index contributed by atoms with van der Waals surface area (Å²) in [6.45, 7) is 0. The Morgan fingerprint density at radius 2 is 2.08 bits per heavy atom. The normalized spacial score (nSPS) is 9.50. The molecule has 1 aromatic carbocycles. The van der Waals surface area contributed by atoms with Gasteiger partial charge >= 0.3 is 85.7 Å². The van der Waals surface area contributed by atoms with Crippen molar-refractivity contribution in [1.29, 1.82) is 0 Å². The van der Waals surface area contributed by atoms with Crippen molar-refractivity contribution in [3.63, 3.8) is 0 Å². The molecule has 0 aliphatic carbocycles. The van der Waals surface area contributed by atoms with Crippen LogP contribution in [0.1, 0.15) is 10.4 Å². The molecule has 5 heteroatoms. The third kappa shape index (κ3) is 2.60.